The summed E-state index contributed by atoms with van der Waals surface area (Å²) in [7, 11) is 0. The van der Waals surface area contributed by atoms with E-state index < -0.39 is 4.92 Å². The van der Waals surface area contributed by atoms with Crippen molar-refractivity contribution in [3.63, 3.8) is 0 Å². The van der Waals surface area contributed by atoms with Crippen LogP contribution in [-0.2, 0) is 4.74 Å². The number of hydrogen-bond acceptors (Lipinski definition) is 6. The van der Waals surface area contributed by atoms with Crippen LogP contribution in [0.15, 0.2) is 11.6 Å². The van der Waals surface area contributed by atoms with Gasteiger partial charge in [0.1, 0.15) is 6.20 Å². The van der Waals surface area contributed by atoms with Crippen LogP contribution in [-0.4, -0.2) is 33.1 Å². The normalized spacial score (nSPS) is 23.6. The predicted molar refractivity (Wildman–Crippen MR) is 71.8 cm³/mol. The number of nitrogens with one attached hydrogen (secondary N) is 1. The Morgan fingerprint density at radius 1 is 1.68 bits per heavy atom. The number of fused-ring (bicyclic) bond motifs is 1. The summed E-state index contributed by atoms with van der Waals surface area (Å²) in [6, 6.07) is 0.173. The van der Waals surface area contributed by atoms with Crippen molar-refractivity contribution in [2.45, 2.75) is 31.9 Å². The molecule has 19 heavy (non-hydrogen) atoms. The fraction of sp³-hybridized carbons (Fsp3) is 0.545. The van der Waals surface area contributed by atoms with Gasteiger partial charge in [-0.25, -0.2) is 0 Å². The first-order valence-electron chi connectivity index (χ1n) is 6.13. The predicted octanol–water partition coefficient (Wildman–Crippen LogP) is 2.28. The highest BCUT2D eigenvalue weighted by Crippen LogP contribution is 2.30. The number of hydrogen-bond donors (Lipinski definition) is 1. The average molecular weight is 282 g/mol. The standard InChI is InChI=1S/C11H14N4O3S/c1-7-6-8(2-4-18-7)12-9-10(15(16)17)14-3-5-19-11(14)13-9/h3,5,7-8,12H,2,4,6H2,1H3. The van der Waals surface area contributed by atoms with Gasteiger partial charge in [0.05, 0.1) is 6.10 Å². The van der Waals surface area contributed by atoms with Crippen molar-refractivity contribution in [3.05, 3.63) is 21.7 Å². The first-order valence-corrected chi connectivity index (χ1v) is 7.01. The summed E-state index contributed by atoms with van der Waals surface area (Å²) >= 11 is 1.39. The fourth-order valence-electron chi connectivity index (χ4n) is 2.37. The Kier molecular flexibility index (Phi) is 3.11. The van der Waals surface area contributed by atoms with Gasteiger partial charge in [0.15, 0.2) is 0 Å². The van der Waals surface area contributed by atoms with Gasteiger partial charge in [-0.3, -0.25) is 0 Å². The number of anilines is 1. The molecule has 0 radical (unpaired) electrons. The second-order valence-electron chi connectivity index (χ2n) is 4.64. The molecular formula is C11H14N4O3S. The SMILES string of the molecule is CC1CC(Nc2nc3sccn3c2[N+](=O)[O-])CCO1. The quantitative estimate of drug-likeness (QED) is 0.690. The van der Waals surface area contributed by atoms with Crippen molar-refractivity contribution in [3.8, 4) is 0 Å². The highest BCUT2D eigenvalue weighted by Gasteiger charge is 2.27. The van der Waals surface area contributed by atoms with Crippen LogP contribution in [0.1, 0.15) is 19.8 Å². The van der Waals surface area contributed by atoms with Crippen molar-refractivity contribution in [1.82, 2.24) is 9.38 Å². The summed E-state index contributed by atoms with van der Waals surface area (Å²) in [5.74, 6) is 0.367. The molecule has 1 fully saturated rings. The van der Waals surface area contributed by atoms with Crippen LogP contribution < -0.4 is 5.32 Å². The maximum Gasteiger partial charge on any atom is 0.372 e. The zero-order valence-electron chi connectivity index (χ0n) is 10.4. The van der Waals surface area contributed by atoms with Crippen molar-refractivity contribution in [1.29, 1.82) is 0 Å². The van der Waals surface area contributed by atoms with E-state index in [1.807, 2.05) is 6.92 Å². The van der Waals surface area contributed by atoms with Gasteiger partial charge in [0, 0.05) is 18.0 Å². The third-order valence-corrected chi connectivity index (χ3v) is 3.99. The second-order valence-corrected chi connectivity index (χ2v) is 5.52. The summed E-state index contributed by atoms with van der Waals surface area (Å²) in [5.41, 5.74) is 0. The van der Waals surface area contributed by atoms with Crippen molar-refractivity contribution >= 4 is 27.9 Å². The first-order chi connectivity index (χ1) is 9.15. The highest BCUT2D eigenvalue weighted by molar-refractivity contribution is 7.15. The summed E-state index contributed by atoms with van der Waals surface area (Å²) in [5, 5.41) is 16.2. The second kappa shape index (κ2) is 4.78. The number of ether oxygens (including phenoxy) is 1. The molecule has 2 unspecified atom stereocenters. The molecule has 2 aromatic rings. The molecule has 3 heterocycles. The largest absolute Gasteiger partial charge is 0.378 e. The minimum Gasteiger partial charge on any atom is -0.378 e. The third-order valence-electron chi connectivity index (χ3n) is 3.24. The number of aromatic nitrogens is 2. The summed E-state index contributed by atoms with van der Waals surface area (Å²) in [6.07, 6.45) is 3.52. The summed E-state index contributed by atoms with van der Waals surface area (Å²) < 4.78 is 6.98. The number of thiazole rings is 1. The Morgan fingerprint density at radius 3 is 3.26 bits per heavy atom. The number of nitrogens with zero attached hydrogens (tertiary/aromatic N) is 3. The number of nitro groups is 1. The molecule has 1 N–H and O–H groups in total. The van der Waals surface area contributed by atoms with Crippen LogP contribution in [0, 0.1) is 10.1 Å². The van der Waals surface area contributed by atoms with Crippen molar-refractivity contribution in [2.24, 2.45) is 0 Å². The highest BCUT2D eigenvalue weighted by atomic mass is 32.1. The first kappa shape index (κ1) is 12.4. The molecule has 0 saturated carbocycles. The van der Waals surface area contributed by atoms with Crippen molar-refractivity contribution < 1.29 is 9.66 Å². The Bertz CT molecular complexity index is 608. The van der Waals surface area contributed by atoms with E-state index in [0.717, 1.165) is 12.8 Å². The summed E-state index contributed by atoms with van der Waals surface area (Å²) in [4.78, 5) is 15.7. The maximum absolute atomic E-state index is 11.2. The zero-order chi connectivity index (χ0) is 13.4. The van der Waals surface area contributed by atoms with Gasteiger partial charge < -0.3 is 20.2 Å². The minimum atomic E-state index is -0.391. The van der Waals surface area contributed by atoms with Crippen LogP contribution in [0.5, 0.6) is 0 Å². The number of rotatable bonds is 3. The van der Waals surface area contributed by atoms with E-state index in [2.05, 4.69) is 10.3 Å². The zero-order valence-corrected chi connectivity index (χ0v) is 11.2. The van der Waals surface area contributed by atoms with Gasteiger partial charge in [-0.15, -0.1) is 0 Å². The lowest BCUT2D eigenvalue weighted by atomic mass is 10.0. The molecule has 1 saturated heterocycles. The van der Waals surface area contributed by atoms with Gasteiger partial charge in [-0.1, -0.05) is 11.3 Å². The lowest BCUT2D eigenvalue weighted by Gasteiger charge is -2.27. The van der Waals surface area contributed by atoms with Crippen molar-refractivity contribution in [2.75, 3.05) is 11.9 Å². The molecule has 102 valence electrons. The van der Waals surface area contributed by atoms with Crippen LogP contribution in [0.3, 0.4) is 0 Å². The minimum absolute atomic E-state index is 0.00962. The van der Waals surface area contributed by atoms with E-state index in [1.54, 1.807) is 11.6 Å². The van der Waals surface area contributed by atoms with E-state index in [1.165, 1.54) is 15.7 Å². The Morgan fingerprint density at radius 2 is 2.53 bits per heavy atom. The molecule has 3 rings (SSSR count). The topological polar surface area (TPSA) is 81.7 Å². The molecule has 0 spiro atoms. The molecule has 1 aliphatic rings. The van der Waals surface area contributed by atoms with Gasteiger partial charge in [0.2, 0.25) is 5.82 Å². The Balaban J connectivity index is 1.89. The van der Waals surface area contributed by atoms with Crippen LogP contribution in [0.2, 0.25) is 0 Å². The lowest BCUT2D eigenvalue weighted by molar-refractivity contribution is -0.389. The molecule has 2 aromatic heterocycles. The molecule has 0 aliphatic carbocycles. The van der Waals surface area contributed by atoms with Crippen LogP contribution >= 0.6 is 11.3 Å². The molecule has 7 nitrogen and oxygen atoms in total. The monoisotopic (exact) mass is 282 g/mol. The van der Waals surface area contributed by atoms with E-state index in [0.29, 0.717) is 17.4 Å². The summed E-state index contributed by atoms with van der Waals surface area (Å²) in [6.45, 7) is 2.68. The van der Waals surface area contributed by atoms with E-state index in [9.17, 15) is 10.1 Å². The molecule has 2 atom stereocenters. The Hall–Kier alpha value is -1.67. The lowest BCUT2D eigenvalue weighted by Crippen LogP contribution is -2.32. The van der Waals surface area contributed by atoms with E-state index in [4.69, 9.17) is 4.74 Å². The molecule has 1 aliphatic heterocycles. The maximum atomic E-state index is 11.2. The molecule has 0 aromatic carbocycles. The van der Waals surface area contributed by atoms with E-state index in [-0.39, 0.29) is 18.0 Å². The van der Waals surface area contributed by atoms with Crippen LogP contribution in [0.4, 0.5) is 11.6 Å². The van der Waals surface area contributed by atoms with Gasteiger partial charge >= 0.3 is 5.82 Å². The molecule has 0 bridgehead atoms. The van der Waals surface area contributed by atoms with Gasteiger partial charge in [-0.05, 0) is 24.7 Å². The Labute approximate surface area is 113 Å². The van der Waals surface area contributed by atoms with Gasteiger partial charge in [0.25, 0.3) is 4.96 Å². The molecule has 0 amide bonds. The van der Waals surface area contributed by atoms with E-state index >= 15 is 0 Å². The third kappa shape index (κ3) is 2.28. The molecule has 8 heteroatoms. The van der Waals surface area contributed by atoms with Gasteiger partial charge in [-0.2, -0.15) is 9.38 Å². The fourth-order valence-corrected chi connectivity index (χ4v) is 3.08. The van der Waals surface area contributed by atoms with Crippen LogP contribution in [0.25, 0.3) is 4.96 Å². The number of imidazole rings is 1. The average Bonchev–Trinajstić information content (AvgIpc) is 2.88. The smallest absolute Gasteiger partial charge is 0.372 e. The molecular weight excluding hydrogens is 268 g/mol.